The molecular weight excluding hydrogens is 327 g/mol. The summed E-state index contributed by atoms with van der Waals surface area (Å²) in [6.07, 6.45) is 0. The Balaban J connectivity index is 2.22. The molecule has 0 saturated carbocycles. The van der Waals surface area contributed by atoms with Gasteiger partial charge in [0.2, 0.25) is 0 Å². The average molecular weight is 343 g/mol. The van der Waals surface area contributed by atoms with Crippen LogP contribution in [0.4, 0.5) is 10.2 Å². The molecule has 0 bridgehead atoms. The summed E-state index contributed by atoms with van der Waals surface area (Å²) in [5.41, 5.74) is 2.03. The van der Waals surface area contributed by atoms with Crippen molar-refractivity contribution >= 4 is 17.4 Å². The van der Waals surface area contributed by atoms with Crippen LogP contribution in [-0.4, -0.2) is 16.6 Å². The van der Waals surface area contributed by atoms with E-state index in [1.165, 1.54) is 6.07 Å². The molecule has 5 heteroatoms. The van der Waals surface area contributed by atoms with Gasteiger partial charge in [0, 0.05) is 17.7 Å². The topological polar surface area (TPSA) is 45.1 Å². The van der Waals surface area contributed by atoms with E-state index in [1.807, 2.05) is 13.0 Å². The SMILES string of the molecule is CCNc1cc(-c2c(F)cccc2Cl)cc(-c2ccccc2O)n1. The molecule has 0 unspecified atom stereocenters. The molecule has 122 valence electrons. The molecule has 0 radical (unpaired) electrons. The Hall–Kier alpha value is -2.59. The number of aromatic nitrogens is 1. The predicted molar refractivity (Wildman–Crippen MR) is 95.9 cm³/mol. The van der Waals surface area contributed by atoms with E-state index in [-0.39, 0.29) is 5.75 Å². The van der Waals surface area contributed by atoms with Crippen molar-refractivity contribution in [2.45, 2.75) is 6.92 Å². The fraction of sp³-hybridized carbons (Fsp3) is 0.105. The molecule has 3 aromatic rings. The molecule has 1 aromatic heterocycles. The summed E-state index contributed by atoms with van der Waals surface area (Å²) in [4.78, 5) is 4.50. The lowest BCUT2D eigenvalue weighted by Gasteiger charge is -2.12. The Morgan fingerprint density at radius 3 is 2.62 bits per heavy atom. The molecule has 2 N–H and O–H groups in total. The first-order valence-corrected chi connectivity index (χ1v) is 7.96. The third kappa shape index (κ3) is 3.19. The maximum absolute atomic E-state index is 14.3. The van der Waals surface area contributed by atoms with Crippen LogP contribution >= 0.6 is 11.6 Å². The minimum Gasteiger partial charge on any atom is -0.507 e. The first kappa shape index (κ1) is 16.3. The van der Waals surface area contributed by atoms with Gasteiger partial charge < -0.3 is 10.4 Å². The number of para-hydroxylation sites is 1. The highest BCUT2D eigenvalue weighted by Crippen LogP contribution is 2.36. The van der Waals surface area contributed by atoms with Crippen molar-refractivity contribution in [1.82, 2.24) is 4.98 Å². The number of phenols is 1. The normalized spacial score (nSPS) is 10.6. The first-order chi connectivity index (χ1) is 11.6. The second-order valence-corrected chi connectivity index (χ2v) is 5.68. The minimum absolute atomic E-state index is 0.115. The van der Waals surface area contributed by atoms with Gasteiger partial charge in [0.05, 0.1) is 10.7 Å². The molecule has 0 aliphatic carbocycles. The molecule has 1 heterocycles. The van der Waals surface area contributed by atoms with E-state index in [0.29, 0.717) is 39.8 Å². The quantitative estimate of drug-likeness (QED) is 0.672. The van der Waals surface area contributed by atoms with Gasteiger partial charge in [-0.3, -0.25) is 0 Å². The molecule has 3 rings (SSSR count). The highest BCUT2D eigenvalue weighted by Gasteiger charge is 2.14. The van der Waals surface area contributed by atoms with Crippen molar-refractivity contribution in [3.8, 4) is 28.1 Å². The van der Waals surface area contributed by atoms with Crippen LogP contribution in [0.3, 0.4) is 0 Å². The van der Waals surface area contributed by atoms with Crippen LogP contribution in [-0.2, 0) is 0 Å². The van der Waals surface area contributed by atoms with Crippen LogP contribution in [0.1, 0.15) is 6.92 Å². The number of halogens is 2. The standard InChI is InChI=1S/C19H16ClFN2O/c1-2-22-18-11-12(19-14(20)7-5-8-15(19)21)10-16(23-18)13-6-3-4-9-17(13)24/h3-11,24H,2H2,1H3,(H,22,23). The van der Waals surface area contributed by atoms with E-state index in [0.717, 1.165) is 0 Å². The Kier molecular flexibility index (Phi) is 4.67. The number of hydrogen-bond acceptors (Lipinski definition) is 3. The Morgan fingerprint density at radius 2 is 1.92 bits per heavy atom. The summed E-state index contributed by atoms with van der Waals surface area (Å²) in [5.74, 6) is 0.302. The minimum atomic E-state index is -0.403. The van der Waals surface area contributed by atoms with Crippen molar-refractivity contribution < 1.29 is 9.50 Å². The number of benzene rings is 2. The molecule has 3 nitrogen and oxygen atoms in total. The van der Waals surface area contributed by atoms with Crippen LogP contribution in [0.25, 0.3) is 22.4 Å². The van der Waals surface area contributed by atoms with E-state index >= 15 is 0 Å². The number of pyridine rings is 1. The Labute approximate surface area is 144 Å². The van der Waals surface area contributed by atoms with Crippen LogP contribution in [0.2, 0.25) is 5.02 Å². The van der Waals surface area contributed by atoms with Gasteiger partial charge in [-0.1, -0.05) is 29.8 Å². The number of anilines is 1. The summed E-state index contributed by atoms with van der Waals surface area (Å²) in [6.45, 7) is 2.62. The fourth-order valence-electron chi connectivity index (χ4n) is 2.55. The number of nitrogens with zero attached hydrogens (tertiary/aromatic N) is 1. The lowest BCUT2D eigenvalue weighted by Crippen LogP contribution is -2.01. The number of aromatic hydroxyl groups is 1. The van der Waals surface area contributed by atoms with Gasteiger partial charge >= 0.3 is 0 Å². The van der Waals surface area contributed by atoms with Crippen molar-refractivity contribution in [2.75, 3.05) is 11.9 Å². The van der Waals surface area contributed by atoms with E-state index in [9.17, 15) is 9.50 Å². The Morgan fingerprint density at radius 1 is 1.12 bits per heavy atom. The third-order valence-electron chi connectivity index (χ3n) is 3.61. The summed E-state index contributed by atoms with van der Waals surface area (Å²) in [7, 11) is 0. The zero-order valence-corrected chi connectivity index (χ0v) is 13.8. The molecule has 2 aromatic carbocycles. The summed E-state index contributed by atoms with van der Waals surface area (Å²) in [5, 5.41) is 13.5. The van der Waals surface area contributed by atoms with Crippen molar-refractivity contribution in [3.63, 3.8) is 0 Å². The van der Waals surface area contributed by atoms with Gasteiger partial charge in [0.15, 0.2) is 0 Å². The molecule has 24 heavy (non-hydrogen) atoms. The number of nitrogens with one attached hydrogen (secondary N) is 1. The maximum Gasteiger partial charge on any atom is 0.132 e. The second-order valence-electron chi connectivity index (χ2n) is 5.27. The second kappa shape index (κ2) is 6.89. The highest BCUT2D eigenvalue weighted by molar-refractivity contribution is 6.33. The number of hydrogen-bond donors (Lipinski definition) is 2. The lowest BCUT2D eigenvalue weighted by atomic mass is 10.0. The van der Waals surface area contributed by atoms with Crippen LogP contribution < -0.4 is 5.32 Å². The van der Waals surface area contributed by atoms with Crippen molar-refractivity contribution in [2.24, 2.45) is 0 Å². The van der Waals surface area contributed by atoms with Crippen molar-refractivity contribution in [1.29, 1.82) is 0 Å². The van der Waals surface area contributed by atoms with E-state index in [2.05, 4.69) is 10.3 Å². The first-order valence-electron chi connectivity index (χ1n) is 7.59. The largest absolute Gasteiger partial charge is 0.507 e. The predicted octanol–water partition coefficient (Wildman–Crippen LogP) is 5.35. The molecule has 0 aliphatic rings. The Bertz CT molecular complexity index is 863. The van der Waals surface area contributed by atoms with Gasteiger partial charge in [-0.15, -0.1) is 0 Å². The maximum atomic E-state index is 14.3. The highest BCUT2D eigenvalue weighted by atomic mass is 35.5. The summed E-state index contributed by atoms with van der Waals surface area (Å²) in [6, 6.07) is 15.0. The average Bonchev–Trinajstić information content (AvgIpc) is 2.55. The van der Waals surface area contributed by atoms with Gasteiger partial charge in [-0.2, -0.15) is 0 Å². The summed E-state index contributed by atoms with van der Waals surface area (Å²) < 4.78 is 14.3. The van der Waals surface area contributed by atoms with Gasteiger partial charge in [-0.05, 0) is 48.9 Å². The molecule has 0 spiro atoms. The fourth-order valence-corrected chi connectivity index (χ4v) is 2.82. The van der Waals surface area contributed by atoms with E-state index in [4.69, 9.17) is 11.6 Å². The number of rotatable bonds is 4. The van der Waals surface area contributed by atoms with Crippen LogP contribution in [0.5, 0.6) is 5.75 Å². The van der Waals surface area contributed by atoms with Crippen LogP contribution in [0, 0.1) is 5.82 Å². The van der Waals surface area contributed by atoms with Gasteiger partial charge in [-0.25, -0.2) is 9.37 Å². The lowest BCUT2D eigenvalue weighted by molar-refractivity contribution is 0.477. The molecular formula is C19H16ClFN2O. The summed E-state index contributed by atoms with van der Waals surface area (Å²) >= 11 is 6.19. The zero-order chi connectivity index (χ0) is 17.1. The third-order valence-corrected chi connectivity index (χ3v) is 3.93. The number of phenolic OH excluding ortho intramolecular Hbond substituents is 1. The van der Waals surface area contributed by atoms with Gasteiger partial charge in [0.1, 0.15) is 17.4 Å². The molecule has 0 saturated heterocycles. The molecule has 0 aliphatic heterocycles. The zero-order valence-electron chi connectivity index (χ0n) is 13.1. The molecule has 0 atom stereocenters. The van der Waals surface area contributed by atoms with E-state index < -0.39 is 5.82 Å². The van der Waals surface area contributed by atoms with E-state index in [1.54, 1.807) is 42.5 Å². The van der Waals surface area contributed by atoms with Gasteiger partial charge in [0.25, 0.3) is 0 Å². The monoisotopic (exact) mass is 342 g/mol. The van der Waals surface area contributed by atoms with Crippen LogP contribution in [0.15, 0.2) is 54.6 Å². The molecule has 0 amide bonds. The smallest absolute Gasteiger partial charge is 0.132 e. The van der Waals surface area contributed by atoms with Crippen molar-refractivity contribution in [3.05, 3.63) is 65.4 Å². The molecule has 0 fully saturated rings.